The number of rotatable bonds is 6. The number of thiophene rings is 2. The van der Waals surface area contributed by atoms with Gasteiger partial charge in [0.1, 0.15) is 0 Å². The summed E-state index contributed by atoms with van der Waals surface area (Å²) < 4.78 is 5.22. The lowest BCUT2D eigenvalue weighted by Crippen LogP contribution is -2.10. The molecule has 0 unspecified atom stereocenters. The van der Waals surface area contributed by atoms with Crippen LogP contribution in [0.2, 0.25) is 0 Å². The highest BCUT2D eigenvalue weighted by Crippen LogP contribution is 2.47. The summed E-state index contributed by atoms with van der Waals surface area (Å²) in [6.07, 6.45) is 0. The summed E-state index contributed by atoms with van der Waals surface area (Å²) in [5.41, 5.74) is 10.7. The van der Waals surface area contributed by atoms with Crippen molar-refractivity contribution in [3.05, 3.63) is 200 Å². The summed E-state index contributed by atoms with van der Waals surface area (Å²) in [5.74, 6) is 0. The summed E-state index contributed by atoms with van der Waals surface area (Å²) in [6.45, 7) is 0. The molecule has 0 aliphatic rings. The maximum atomic E-state index is 2.45. The molecule has 0 fully saturated rings. The Morgan fingerprint density at radius 1 is 0.309 bits per heavy atom. The van der Waals surface area contributed by atoms with Crippen LogP contribution < -0.4 is 4.90 Å². The van der Waals surface area contributed by atoms with Crippen molar-refractivity contribution in [1.29, 1.82) is 0 Å². The molecule has 0 radical (unpaired) electrons. The van der Waals surface area contributed by atoms with Crippen LogP contribution in [-0.4, -0.2) is 0 Å². The minimum absolute atomic E-state index is 1.12. The van der Waals surface area contributed by atoms with Crippen molar-refractivity contribution >= 4 is 90.9 Å². The van der Waals surface area contributed by atoms with Crippen molar-refractivity contribution in [1.82, 2.24) is 0 Å². The lowest BCUT2D eigenvalue weighted by atomic mass is 9.93. The SMILES string of the molecule is c1ccc(-c2cc(N(c3ccc(-c4cccc5ccccc45)cc3)c3cccc4c3sc3ccccc34)ccc2-c2ccc3c(c2)sc2ccccc23)cc1. The van der Waals surface area contributed by atoms with Gasteiger partial charge in [-0.1, -0.05) is 152 Å². The van der Waals surface area contributed by atoms with E-state index in [4.69, 9.17) is 0 Å². The molecule has 55 heavy (non-hydrogen) atoms. The number of fused-ring (bicyclic) bond motifs is 7. The molecule has 0 aliphatic heterocycles. The molecule has 9 aromatic carbocycles. The molecule has 0 spiro atoms. The van der Waals surface area contributed by atoms with E-state index in [0.29, 0.717) is 0 Å². The Hall–Kier alpha value is -6.52. The number of hydrogen-bond donors (Lipinski definition) is 0. The van der Waals surface area contributed by atoms with Gasteiger partial charge in [-0.05, 0) is 92.7 Å². The van der Waals surface area contributed by atoms with Crippen molar-refractivity contribution in [2.45, 2.75) is 0 Å². The molecule has 0 atom stereocenters. The van der Waals surface area contributed by atoms with Crippen LogP contribution in [-0.2, 0) is 0 Å². The highest BCUT2D eigenvalue weighted by atomic mass is 32.1. The van der Waals surface area contributed by atoms with Gasteiger partial charge in [-0.25, -0.2) is 0 Å². The molecule has 11 rings (SSSR count). The molecule has 2 aromatic heterocycles. The second-order valence-electron chi connectivity index (χ2n) is 14.1. The molecule has 3 heteroatoms. The summed E-state index contributed by atoms with van der Waals surface area (Å²) in [4.78, 5) is 2.45. The monoisotopic (exact) mass is 735 g/mol. The first kappa shape index (κ1) is 32.0. The van der Waals surface area contributed by atoms with Gasteiger partial charge in [0.05, 0.1) is 10.4 Å². The zero-order valence-electron chi connectivity index (χ0n) is 29.8. The van der Waals surface area contributed by atoms with Crippen molar-refractivity contribution in [3.63, 3.8) is 0 Å². The smallest absolute Gasteiger partial charge is 0.0640 e. The van der Waals surface area contributed by atoms with Crippen LogP contribution in [0.25, 0.3) is 84.5 Å². The Morgan fingerprint density at radius 2 is 0.909 bits per heavy atom. The van der Waals surface area contributed by atoms with Crippen LogP contribution in [0.15, 0.2) is 200 Å². The number of hydrogen-bond acceptors (Lipinski definition) is 3. The second kappa shape index (κ2) is 13.1. The summed E-state index contributed by atoms with van der Waals surface area (Å²) >= 11 is 3.74. The largest absolute Gasteiger partial charge is 0.309 e. The first-order chi connectivity index (χ1) is 27.3. The first-order valence-corrected chi connectivity index (χ1v) is 20.3. The third kappa shape index (κ3) is 5.43. The van der Waals surface area contributed by atoms with Gasteiger partial charge >= 0.3 is 0 Å². The predicted molar refractivity (Wildman–Crippen MR) is 241 cm³/mol. The first-order valence-electron chi connectivity index (χ1n) is 18.7. The minimum atomic E-state index is 1.12. The molecule has 0 amide bonds. The standard InChI is InChI=1S/C52H33NS2/c1-2-12-35(13-3-1)47-33-39(29-31-42(47)37-26-30-45-43-17-6-8-22-49(43)54-51(45)32-37)53(48-21-11-20-46-44-18-7-9-23-50(44)55-52(46)48)38-27-24-36(25-28-38)41-19-10-15-34-14-4-5-16-40(34)41/h1-33H. The molecule has 0 saturated carbocycles. The highest BCUT2D eigenvalue weighted by molar-refractivity contribution is 7.26. The van der Waals surface area contributed by atoms with E-state index in [-0.39, 0.29) is 0 Å². The summed E-state index contributed by atoms with van der Waals surface area (Å²) in [5, 5.41) is 7.74. The normalized spacial score (nSPS) is 11.6. The van der Waals surface area contributed by atoms with Crippen LogP contribution in [0.5, 0.6) is 0 Å². The van der Waals surface area contributed by atoms with Gasteiger partial charge in [-0.15, -0.1) is 22.7 Å². The van der Waals surface area contributed by atoms with E-state index < -0.39 is 0 Å². The Kier molecular flexibility index (Phi) is 7.61. The average Bonchev–Trinajstić information content (AvgIpc) is 3.83. The zero-order valence-corrected chi connectivity index (χ0v) is 31.4. The van der Waals surface area contributed by atoms with E-state index in [1.807, 2.05) is 22.7 Å². The van der Waals surface area contributed by atoms with Crippen molar-refractivity contribution in [2.24, 2.45) is 0 Å². The third-order valence-corrected chi connectivity index (χ3v) is 13.2. The van der Waals surface area contributed by atoms with Crippen LogP contribution >= 0.6 is 22.7 Å². The lowest BCUT2D eigenvalue weighted by molar-refractivity contribution is 1.30. The van der Waals surface area contributed by atoms with E-state index in [1.165, 1.54) is 90.2 Å². The predicted octanol–water partition coefficient (Wildman–Crippen LogP) is 16.0. The number of nitrogens with zero attached hydrogens (tertiary/aromatic N) is 1. The minimum Gasteiger partial charge on any atom is -0.309 e. The van der Waals surface area contributed by atoms with Crippen molar-refractivity contribution in [3.8, 4) is 33.4 Å². The third-order valence-electron chi connectivity index (χ3n) is 10.9. The molecular formula is C52H33NS2. The van der Waals surface area contributed by atoms with Crippen LogP contribution in [0.1, 0.15) is 0 Å². The fourth-order valence-electron chi connectivity index (χ4n) is 8.28. The second-order valence-corrected chi connectivity index (χ2v) is 16.2. The molecule has 258 valence electrons. The molecular weight excluding hydrogens is 703 g/mol. The van der Waals surface area contributed by atoms with Gasteiger partial charge in [0.2, 0.25) is 0 Å². The van der Waals surface area contributed by atoms with Gasteiger partial charge in [0.25, 0.3) is 0 Å². The fourth-order valence-corrected chi connectivity index (χ4v) is 10.6. The number of benzene rings is 9. The lowest BCUT2D eigenvalue weighted by Gasteiger charge is -2.27. The van der Waals surface area contributed by atoms with E-state index in [1.54, 1.807) is 0 Å². The van der Waals surface area contributed by atoms with E-state index in [2.05, 4.69) is 205 Å². The van der Waals surface area contributed by atoms with E-state index >= 15 is 0 Å². The number of anilines is 3. The van der Waals surface area contributed by atoms with Gasteiger partial charge in [0, 0.05) is 47.0 Å². The molecule has 2 heterocycles. The van der Waals surface area contributed by atoms with E-state index in [0.717, 1.165) is 11.4 Å². The maximum absolute atomic E-state index is 2.45. The van der Waals surface area contributed by atoms with Crippen LogP contribution in [0.3, 0.4) is 0 Å². The zero-order chi connectivity index (χ0) is 36.3. The Bertz CT molecular complexity index is 3200. The molecule has 0 N–H and O–H groups in total. The Morgan fingerprint density at radius 3 is 1.75 bits per heavy atom. The molecule has 0 aliphatic carbocycles. The Labute approximate surface area is 327 Å². The van der Waals surface area contributed by atoms with Crippen molar-refractivity contribution < 1.29 is 0 Å². The molecule has 11 aromatic rings. The quantitative estimate of drug-likeness (QED) is 0.164. The van der Waals surface area contributed by atoms with Gasteiger partial charge in [-0.2, -0.15) is 0 Å². The summed E-state index contributed by atoms with van der Waals surface area (Å²) in [6, 6.07) is 73.5. The van der Waals surface area contributed by atoms with E-state index in [9.17, 15) is 0 Å². The van der Waals surface area contributed by atoms with Crippen LogP contribution in [0.4, 0.5) is 17.1 Å². The highest BCUT2D eigenvalue weighted by Gasteiger charge is 2.21. The van der Waals surface area contributed by atoms with Gasteiger partial charge in [-0.3, -0.25) is 0 Å². The van der Waals surface area contributed by atoms with Gasteiger partial charge < -0.3 is 4.90 Å². The maximum Gasteiger partial charge on any atom is 0.0640 e. The fraction of sp³-hybridized carbons (Fsp3) is 0. The molecule has 1 nitrogen and oxygen atoms in total. The topological polar surface area (TPSA) is 3.24 Å². The van der Waals surface area contributed by atoms with Crippen LogP contribution in [0, 0.1) is 0 Å². The summed E-state index contributed by atoms with van der Waals surface area (Å²) in [7, 11) is 0. The Balaban J connectivity index is 1.11. The molecule has 0 saturated heterocycles. The van der Waals surface area contributed by atoms with Gasteiger partial charge in [0.15, 0.2) is 0 Å². The average molecular weight is 736 g/mol. The molecule has 0 bridgehead atoms. The van der Waals surface area contributed by atoms with Crippen molar-refractivity contribution in [2.75, 3.05) is 4.90 Å².